The number of amides is 1. The molecule has 0 spiro atoms. The summed E-state index contributed by atoms with van der Waals surface area (Å²) in [6.45, 7) is 0. The molecule has 16 heavy (non-hydrogen) atoms. The first-order chi connectivity index (χ1) is 7.58. The van der Waals surface area contributed by atoms with E-state index in [1.165, 1.54) is 0 Å². The highest BCUT2D eigenvalue weighted by molar-refractivity contribution is 9.10. The molecular formula is C11H12BrN3O. The minimum atomic E-state index is -0.215. The minimum absolute atomic E-state index is 0.0525. The SMILES string of the molecule is NC(N)=NC(=O)C1CC1c1ccc(Br)cc1. The van der Waals surface area contributed by atoms with Gasteiger partial charge in [-0.25, -0.2) is 0 Å². The van der Waals surface area contributed by atoms with Crippen molar-refractivity contribution in [2.45, 2.75) is 12.3 Å². The van der Waals surface area contributed by atoms with Gasteiger partial charge in [-0.05, 0) is 30.0 Å². The molecule has 1 aromatic carbocycles. The Labute approximate surface area is 102 Å². The lowest BCUT2D eigenvalue weighted by Gasteiger charge is -1.98. The molecule has 5 heteroatoms. The van der Waals surface area contributed by atoms with Crippen LogP contribution in [0.4, 0.5) is 0 Å². The highest BCUT2D eigenvalue weighted by Crippen LogP contribution is 2.48. The molecule has 1 saturated carbocycles. The van der Waals surface area contributed by atoms with Crippen molar-refractivity contribution in [3.05, 3.63) is 34.3 Å². The molecule has 84 valence electrons. The van der Waals surface area contributed by atoms with E-state index < -0.39 is 0 Å². The standard InChI is InChI=1S/C11H12BrN3O/c12-7-3-1-6(2-4-7)8-5-9(8)10(16)15-11(13)14/h1-4,8-9H,5H2,(H4,13,14,15,16). The van der Waals surface area contributed by atoms with Gasteiger partial charge in [0.15, 0.2) is 5.96 Å². The number of rotatable bonds is 2. The van der Waals surface area contributed by atoms with Gasteiger partial charge >= 0.3 is 0 Å². The second-order valence-electron chi connectivity index (χ2n) is 3.88. The van der Waals surface area contributed by atoms with Crippen molar-refractivity contribution in [2.75, 3.05) is 0 Å². The number of nitrogens with zero attached hydrogens (tertiary/aromatic N) is 1. The summed E-state index contributed by atoms with van der Waals surface area (Å²) >= 11 is 3.37. The van der Waals surface area contributed by atoms with Gasteiger partial charge in [0.25, 0.3) is 5.91 Å². The molecule has 2 atom stereocenters. The molecular weight excluding hydrogens is 270 g/mol. The fourth-order valence-electron chi connectivity index (χ4n) is 1.76. The molecule has 1 aromatic rings. The molecule has 2 unspecified atom stereocenters. The summed E-state index contributed by atoms with van der Waals surface area (Å²) in [6, 6.07) is 7.96. The van der Waals surface area contributed by atoms with Crippen LogP contribution in [-0.2, 0) is 4.79 Å². The first kappa shape index (κ1) is 11.1. The van der Waals surface area contributed by atoms with Crippen LogP contribution in [0, 0.1) is 5.92 Å². The van der Waals surface area contributed by atoms with E-state index in [1.807, 2.05) is 24.3 Å². The van der Waals surface area contributed by atoms with E-state index in [9.17, 15) is 4.79 Å². The number of hydrogen-bond acceptors (Lipinski definition) is 1. The van der Waals surface area contributed by atoms with Crippen molar-refractivity contribution >= 4 is 27.8 Å². The Hall–Kier alpha value is -1.36. The largest absolute Gasteiger partial charge is 0.370 e. The van der Waals surface area contributed by atoms with E-state index >= 15 is 0 Å². The van der Waals surface area contributed by atoms with E-state index in [1.54, 1.807) is 0 Å². The van der Waals surface area contributed by atoms with Crippen LogP contribution in [-0.4, -0.2) is 11.9 Å². The van der Waals surface area contributed by atoms with Gasteiger partial charge in [-0.2, -0.15) is 4.99 Å². The Morgan fingerprint density at radius 1 is 1.31 bits per heavy atom. The van der Waals surface area contributed by atoms with Crippen LogP contribution in [0.1, 0.15) is 17.9 Å². The van der Waals surface area contributed by atoms with Crippen molar-refractivity contribution in [1.82, 2.24) is 0 Å². The zero-order valence-electron chi connectivity index (χ0n) is 8.56. The van der Waals surface area contributed by atoms with Crippen LogP contribution in [0.2, 0.25) is 0 Å². The Bertz CT molecular complexity index is 437. The highest BCUT2D eigenvalue weighted by atomic mass is 79.9. The highest BCUT2D eigenvalue weighted by Gasteiger charge is 2.43. The molecule has 0 radical (unpaired) electrons. The number of halogens is 1. The van der Waals surface area contributed by atoms with Gasteiger partial charge in [0.1, 0.15) is 0 Å². The Morgan fingerprint density at radius 2 is 1.94 bits per heavy atom. The summed E-state index contributed by atoms with van der Waals surface area (Å²) in [5, 5.41) is 0. The monoisotopic (exact) mass is 281 g/mol. The van der Waals surface area contributed by atoms with Crippen molar-refractivity contribution in [3.8, 4) is 0 Å². The molecule has 0 heterocycles. The smallest absolute Gasteiger partial charge is 0.252 e. The third-order valence-corrected chi connectivity index (χ3v) is 3.17. The fraction of sp³-hybridized carbons (Fsp3) is 0.273. The third kappa shape index (κ3) is 2.41. The zero-order valence-corrected chi connectivity index (χ0v) is 10.1. The second kappa shape index (κ2) is 4.25. The molecule has 1 aliphatic carbocycles. The molecule has 1 fully saturated rings. The molecule has 4 nitrogen and oxygen atoms in total. The normalized spacial score (nSPS) is 22.6. The lowest BCUT2D eigenvalue weighted by atomic mass is 10.1. The van der Waals surface area contributed by atoms with Gasteiger partial charge in [0, 0.05) is 10.4 Å². The quantitative estimate of drug-likeness (QED) is 0.634. The maximum absolute atomic E-state index is 11.5. The minimum Gasteiger partial charge on any atom is -0.370 e. The predicted octanol–water partition coefficient (Wildman–Crippen LogP) is 1.35. The zero-order chi connectivity index (χ0) is 11.7. The fourth-order valence-corrected chi connectivity index (χ4v) is 2.02. The summed E-state index contributed by atoms with van der Waals surface area (Å²) < 4.78 is 1.03. The Morgan fingerprint density at radius 3 is 2.50 bits per heavy atom. The van der Waals surface area contributed by atoms with Gasteiger partial charge in [-0.1, -0.05) is 28.1 Å². The maximum Gasteiger partial charge on any atom is 0.252 e. The maximum atomic E-state index is 11.5. The number of carbonyl (C=O) groups excluding carboxylic acids is 1. The second-order valence-corrected chi connectivity index (χ2v) is 4.79. The molecule has 0 aromatic heterocycles. The van der Waals surface area contributed by atoms with Crippen molar-refractivity contribution in [1.29, 1.82) is 0 Å². The van der Waals surface area contributed by atoms with Gasteiger partial charge in [-0.15, -0.1) is 0 Å². The van der Waals surface area contributed by atoms with Crippen LogP contribution < -0.4 is 11.5 Å². The van der Waals surface area contributed by atoms with E-state index in [0.717, 1.165) is 16.5 Å². The van der Waals surface area contributed by atoms with Gasteiger partial charge in [0.2, 0.25) is 0 Å². The van der Waals surface area contributed by atoms with E-state index in [2.05, 4.69) is 20.9 Å². The molecule has 0 aliphatic heterocycles. The summed E-state index contributed by atoms with van der Waals surface area (Å²) in [4.78, 5) is 15.1. The lowest BCUT2D eigenvalue weighted by Crippen LogP contribution is -2.24. The lowest BCUT2D eigenvalue weighted by molar-refractivity contribution is -0.119. The summed E-state index contributed by atoms with van der Waals surface area (Å²) in [7, 11) is 0. The predicted molar refractivity (Wildman–Crippen MR) is 65.8 cm³/mol. The van der Waals surface area contributed by atoms with Crippen LogP contribution in [0.5, 0.6) is 0 Å². The van der Waals surface area contributed by atoms with E-state index in [0.29, 0.717) is 0 Å². The van der Waals surface area contributed by atoms with Gasteiger partial charge in [-0.3, -0.25) is 4.79 Å². The van der Waals surface area contributed by atoms with Gasteiger partial charge < -0.3 is 11.5 Å². The van der Waals surface area contributed by atoms with Crippen LogP contribution in [0.15, 0.2) is 33.7 Å². The summed E-state index contributed by atoms with van der Waals surface area (Å²) in [5.41, 5.74) is 11.5. The molecule has 0 saturated heterocycles. The number of nitrogens with two attached hydrogens (primary N) is 2. The van der Waals surface area contributed by atoms with Crippen LogP contribution in [0.3, 0.4) is 0 Å². The first-order valence-corrected chi connectivity index (χ1v) is 5.76. The third-order valence-electron chi connectivity index (χ3n) is 2.65. The number of benzene rings is 1. The molecule has 4 N–H and O–H groups in total. The Balaban J connectivity index is 2.04. The van der Waals surface area contributed by atoms with Crippen LogP contribution >= 0.6 is 15.9 Å². The average Bonchev–Trinajstić information content (AvgIpc) is 2.97. The summed E-state index contributed by atoms with van der Waals surface area (Å²) in [5.74, 6) is -0.161. The number of guanidine groups is 1. The molecule has 0 bridgehead atoms. The average molecular weight is 282 g/mol. The Kier molecular flexibility index (Phi) is 2.96. The van der Waals surface area contributed by atoms with Crippen molar-refractivity contribution in [3.63, 3.8) is 0 Å². The number of carbonyl (C=O) groups is 1. The first-order valence-electron chi connectivity index (χ1n) is 4.97. The molecule has 2 rings (SSSR count). The number of aliphatic imine (C=N–C) groups is 1. The van der Waals surface area contributed by atoms with Crippen molar-refractivity contribution in [2.24, 2.45) is 22.4 Å². The van der Waals surface area contributed by atoms with Gasteiger partial charge in [0.05, 0.1) is 0 Å². The molecule has 1 amide bonds. The van der Waals surface area contributed by atoms with Crippen molar-refractivity contribution < 1.29 is 4.79 Å². The topological polar surface area (TPSA) is 81.5 Å². The van der Waals surface area contributed by atoms with Crippen LogP contribution in [0.25, 0.3) is 0 Å². The summed E-state index contributed by atoms with van der Waals surface area (Å²) in [6.07, 6.45) is 0.831. The van der Waals surface area contributed by atoms with E-state index in [-0.39, 0.29) is 23.7 Å². The molecule has 1 aliphatic rings. The van der Waals surface area contributed by atoms with E-state index in [4.69, 9.17) is 11.5 Å². The number of hydrogen-bond donors (Lipinski definition) is 2.